The second kappa shape index (κ2) is 7.24. The quantitative estimate of drug-likeness (QED) is 0.892. The molecule has 24 heavy (non-hydrogen) atoms. The van der Waals surface area contributed by atoms with Gasteiger partial charge in [-0.3, -0.25) is 5.32 Å². The molecule has 2 aromatic rings. The molecule has 5 heteroatoms. The number of carbonyl (C=O) groups is 1. The lowest BCUT2D eigenvalue weighted by molar-refractivity contribution is 0.168. The van der Waals surface area contributed by atoms with Gasteiger partial charge in [-0.25, -0.2) is 4.79 Å². The van der Waals surface area contributed by atoms with Crippen LogP contribution in [0.2, 0.25) is 5.02 Å². The highest BCUT2D eigenvalue weighted by atomic mass is 35.5. The van der Waals surface area contributed by atoms with E-state index in [2.05, 4.69) is 35.5 Å². The number of benzene rings is 2. The molecular formula is C19H21ClN2O2. The van der Waals surface area contributed by atoms with Gasteiger partial charge in [0, 0.05) is 29.7 Å². The summed E-state index contributed by atoms with van der Waals surface area (Å²) in [5.74, 6) is 0.250. The lowest BCUT2D eigenvalue weighted by Gasteiger charge is -2.34. The summed E-state index contributed by atoms with van der Waals surface area (Å²) in [6, 6.07) is 14.0. The third-order valence-corrected chi connectivity index (χ3v) is 4.55. The third-order valence-electron chi connectivity index (χ3n) is 4.29. The minimum Gasteiger partial charge on any atom is -0.450 e. The molecule has 0 spiro atoms. The molecule has 0 aliphatic carbocycles. The molecule has 2 aromatic carbocycles. The van der Waals surface area contributed by atoms with Crippen LogP contribution in [-0.2, 0) is 11.3 Å². The zero-order chi connectivity index (χ0) is 17.1. The van der Waals surface area contributed by atoms with E-state index in [1.165, 1.54) is 11.1 Å². The van der Waals surface area contributed by atoms with Gasteiger partial charge in [0.05, 0.1) is 6.61 Å². The van der Waals surface area contributed by atoms with Crippen molar-refractivity contribution >= 4 is 23.4 Å². The Morgan fingerprint density at radius 2 is 2.04 bits per heavy atom. The summed E-state index contributed by atoms with van der Waals surface area (Å²) in [5, 5.41) is 3.60. The van der Waals surface area contributed by atoms with E-state index in [1.807, 2.05) is 24.3 Å². The molecule has 0 saturated heterocycles. The lowest BCUT2D eigenvalue weighted by atomic mass is 9.84. The van der Waals surface area contributed by atoms with Gasteiger partial charge in [-0.2, -0.15) is 0 Å². The first-order valence-corrected chi connectivity index (χ1v) is 8.46. The zero-order valence-corrected chi connectivity index (χ0v) is 14.6. The Morgan fingerprint density at radius 1 is 1.29 bits per heavy atom. The molecule has 0 aromatic heterocycles. The summed E-state index contributed by atoms with van der Waals surface area (Å²) in [4.78, 5) is 14.1. The molecular weight excluding hydrogens is 324 g/mol. The molecule has 4 nitrogen and oxygen atoms in total. The number of rotatable bonds is 3. The van der Waals surface area contributed by atoms with E-state index in [1.54, 1.807) is 6.92 Å². The number of ether oxygens (including phenoxy) is 1. The van der Waals surface area contributed by atoms with Crippen LogP contribution in [0.1, 0.15) is 29.5 Å². The highest BCUT2D eigenvalue weighted by Gasteiger charge is 2.27. The fraction of sp³-hybridized carbons (Fsp3) is 0.316. The first-order chi connectivity index (χ1) is 11.6. The molecule has 0 fully saturated rings. The van der Waals surface area contributed by atoms with Gasteiger partial charge >= 0.3 is 6.09 Å². The Hall–Kier alpha value is -2.04. The molecule has 0 bridgehead atoms. The summed E-state index contributed by atoms with van der Waals surface area (Å²) in [7, 11) is 2.09. The first kappa shape index (κ1) is 16.8. The number of anilines is 1. The molecule has 1 heterocycles. The van der Waals surface area contributed by atoms with Gasteiger partial charge in [-0.05, 0) is 48.9 Å². The Bertz CT molecular complexity index is 731. The maximum absolute atomic E-state index is 11.8. The number of hydrogen-bond acceptors (Lipinski definition) is 3. The van der Waals surface area contributed by atoms with Crippen LogP contribution in [0.15, 0.2) is 42.5 Å². The fourth-order valence-electron chi connectivity index (χ4n) is 3.23. The molecule has 1 N–H and O–H groups in total. The molecule has 1 aliphatic heterocycles. The van der Waals surface area contributed by atoms with Crippen LogP contribution in [0.3, 0.4) is 0 Å². The van der Waals surface area contributed by atoms with Crippen molar-refractivity contribution in [2.24, 2.45) is 0 Å². The second-order valence-corrected chi connectivity index (χ2v) is 6.46. The van der Waals surface area contributed by atoms with Crippen molar-refractivity contribution in [3.8, 4) is 0 Å². The van der Waals surface area contributed by atoms with Crippen molar-refractivity contribution in [2.45, 2.75) is 19.4 Å². The average molecular weight is 345 g/mol. The van der Waals surface area contributed by atoms with E-state index in [-0.39, 0.29) is 5.92 Å². The number of carbonyl (C=O) groups excluding carboxylic acids is 1. The average Bonchev–Trinajstić information content (AvgIpc) is 2.56. The number of amides is 1. The number of nitrogens with one attached hydrogen (secondary N) is 1. The molecule has 126 valence electrons. The number of halogens is 1. The van der Waals surface area contributed by atoms with Crippen molar-refractivity contribution in [3.63, 3.8) is 0 Å². The summed E-state index contributed by atoms with van der Waals surface area (Å²) < 4.78 is 5.01. The van der Waals surface area contributed by atoms with E-state index >= 15 is 0 Å². The molecule has 3 rings (SSSR count). The van der Waals surface area contributed by atoms with E-state index in [0.717, 1.165) is 29.4 Å². The van der Waals surface area contributed by atoms with Crippen LogP contribution < -0.4 is 5.32 Å². The van der Waals surface area contributed by atoms with Crippen LogP contribution in [0.5, 0.6) is 0 Å². The number of nitrogens with zero attached hydrogens (tertiary/aromatic N) is 1. The van der Waals surface area contributed by atoms with Gasteiger partial charge in [-0.1, -0.05) is 35.9 Å². The van der Waals surface area contributed by atoms with Crippen LogP contribution in [0, 0.1) is 0 Å². The Morgan fingerprint density at radius 3 is 2.75 bits per heavy atom. The van der Waals surface area contributed by atoms with Crippen LogP contribution >= 0.6 is 11.6 Å². The van der Waals surface area contributed by atoms with Crippen LogP contribution in [-0.4, -0.2) is 31.2 Å². The second-order valence-electron chi connectivity index (χ2n) is 6.02. The smallest absolute Gasteiger partial charge is 0.411 e. The normalized spacial score (nSPS) is 17.2. The van der Waals surface area contributed by atoms with E-state index in [4.69, 9.17) is 16.3 Å². The van der Waals surface area contributed by atoms with Crippen LogP contribution in [0.4, 0.5) is 10.5 Å². The van der Waals surface area contributed by atoms with Gasteiger partial charge in [0.15, 0.2) is 0 Å². The Balaban J connectivity index is 1.97. The van der Waals surface area contributed by atoms with Crippen molar-refractivity contribution in [2.75, 3.05) is 25.5 Å². The third kappa shape index (κ3) is 3.55. The topological polar surface area (TPSA) is 41.6 Å². The summed E-state index contributed by atoms with van der Waals surface area (Å²) in [6.07, 6.45) is -0.415. The maximum Gasteiger partial charge on any atom is 0.411 e. The summed E-state index contributed by atoms with van der Waals surface area (Å²) in [5.41, 5.74) is 4.42. The Labute approximate surface area is 147 Å². The van der Waals surface area contributed by atoms with Gasteiger partial charge in [-0.15, -0.1) is 0 Å². The first-order valence-electron chi connectivity index (χ1n) is 8.08. The van der Waals surface area contributed by atoms with Crippen molar-refractivity contribution < 1.29 is 9.53 Å². The van der Waals surface area contributed by atoms with E-state index < -0.39 is 6.09 Å². The van der Waals surface area contributed by atoms with Gasteiger partial charge in [0.25, 0.3) is 0 Å². The SMILES string of the molecule is CCOC(=O)Nc1cccc2c1CN(C)C[C@H]2c1ccc(Cl)cc1. The highest BCUT2D eigenvalue weighted by molar-refractivity contribution is 6.30. The van der Waals surface area contributed by atoms with Crippen molar-refractivity contribution in [1.82, 2.24) is 4.90 Å². The fourth-order valence-corrected chi connectivity index (χ4v) is 3.35. The molecule has 1 amide bonds. The van der Waals surface area contributed by atoms with Crippen molar-refractivity contribution in [3.05, 3.63) is 64.2 Å². The largest absolute Gasteiger partial charge is 0.450 e. The monoisotopic (exact) mass is 344 g/mol. The summed E-state index contributed by atoms with van der Waals surface area (Å²) in [6.45, 7) is 3.87. The lowest BCUT2D eigenvalue weighted by Crippen LogP contribution is -2.32. The minimum absolute atomic E-state index is 0.250. The number of fused-ring (bicyclic) bond motifs is 1. The van der Waals surface area contributed by atoms with Crippen LogP contribution in [0.25, 0.3) is 0 Å². The number of hydrogen-bond donors (Lipinski definition) is 1. The molecule has 1 aliphatic rings. The Kier molecular flexibility index (Phi) is 5.07. The van der Waals surface area contributed by atoms with Crippen molar-refractivity contribution in [1.29, 1.82) is 0 Å². The standard InChI is InChI=1S/C19H21ClN2O2/c1-3-24-19(23)21-18-6-4-5-15-16(11-22(2)12-17(15)18)13-7-9-14(20)10-8-13/h4-10,16H,3,11-12H2,1-2H3,(H,21,23)/t16-/m0/s1. The molecule has 0 radical (unpaired) electrons. The maximum atomic E-state index is 11.8. The van der Waals surface area contributed by atoms with Gasteiger partial charge in [0.2, 0.25) is 0 Å². The molecule has 0 saturated carbocycles. The number of likely N-dealkylation sites (N-methyl/N-ethyl adjacent to an activating group) is 1. The predicted octanol–water partition coefficient (Wildman–Crippen LogP) is 4.49. The van der Waals surface area contributed by atoms with E-state index in [9.17, 15) is 4.79 Å². The van der Waals surface area contributed by atoms with Gasteiger partial charge in [0.1, 0.15) is 0 Å². The minimum atomic E-state index is -0.415. The highest BCUT2D eigenvalue weighted by Crippen LogP contribution is 2.36. The molecule has 1 atom stereocenters. The van der Waals surface area contributed by atoms with E-state index in [0.29, 0.717) is 6.61 Å². The summed E-state index contributed by atoms with van der Waals surface area (Å²) >= 11 is 6.02. The molecule has 0 unspecified atom stereocenters. The van der Waals surface area contributed by atoms with Gasteiger partial charge < -0.3 is 9.64 Å². The zero-order valence-electron chi connectivity index (χ0n) is 13.9. The predicted molar refractivity (Wildman–Crippen MR) is 96.7 cm³/mol.